The normalized spacial score (nSPS) is 10.0. The zero-order valence-corrected chi connectivity index (χ0v) is 7.21. The molecule has 0 radical (unpaired) electrons. The van der Waals surface area contributed by atoms with Crippen LogP contribution in [-0.2, 0) is 14.3 Å². The minimum atomic E-state index is -1.61. The van der Waals surface area contributed by atoms with Crippen LogP contribution in [-0.4, -0.2) is 17.0 Å². The highest BCUT2D eigenvalue weighted by Gasteiger charge is 2.10. The van der Waals surface area contributed by atoms with E-state index in [1.807, 2.05) is 18.2 Å². The van der Waals surface area contributed by atoms with Gasteiger partial charge in [-0.1, -0.05) is 30.3 Å². The van der Waals surface area contributed by atoms with Crippen molar-refractivity contribution in [3.8, 4) is 0 Å². The number of ether oxygens (including phenoxy) is 1. The van der Waals surface area contributed by atoms with E-state index in [9.17, 15) is 9.59 Å². The van der Waals surface area contributed by atoms with Crippen LogP contribution in [0.5, 0.6) is 0 Å². The summed E-state index contributed by atoms with van der Waals surface area (Å²) in [6, 6.07) is 9.08. The Bertz CT molecular complexity index is 354. The van der Waals surface area contributed by atoms with Gasteiger partial charge in [0.2, 0.25) is 0 Å². The molecule has 14 heavy (non-hydrogen) atoms. The molecule has 0 saturated heterocycles. The number of carboxylic acids is 1. The monoisotopic (exact) mass is 192 g/mol. The fourth-order valence-electron chi connectivity index (χ4n) is 0.789. The van der Waals surface area contributed by atoms with Gasteiger partial charge in [-0.25, -0.2) is 9.59 Å². The summed E-state index contributed by atoms with van der Waals surface area (Å²) in [6.07, 6.45) is 2.55. The Kier molecular flexibility index (Phi) is 3.43. The Hall–Kier alpha value is -2.10. The number of hydrogen-bond donors (Lipinski definition) is 1. The lowest BCUT2D eigenvalue weighted by molar-refractivity contribution is -0.160. The third-order valence-corrected chi connectivity index (χ3v) is 1.41. The number of rotatable bonds is 2. The van der Waals surface area contributed by atoms with Crippen molar-refractivity contribution < 1.29 is 19.4 Å². The number of esters is 1. The second-order valence-electron chi connectivity index (χ2n) is 2.42. The standard InChI is InChI=1S/C10H8O4/c11-9(12)10(13)14-7-6-8-4-2-1-3-5-8/h1-7H,(H,11,12). The van der Waals surface area contributed by atoms with Crippen molar-refractivity contribution >= 4 is 18.0 Å². The summed E-state index contributed by atoms with van der Waals surface area (Å²) in [6.45, 7) is 0. The molecule has 1 aromatic carbocycles. The van der Waals surface area contributed by atoms with Crippen LogP contribution >= 0.6 is 0 Å². The van der Waals surface area contributed by atoms with Gasteiger partial charge in [0, 0.05) is 0 Å². The first-order chi connectivity index (χ1) is 6.70. The summed E-state index contributed by atoms with van der Waals surface area (Å²) < 4.78 is 4.29. The topological polar surface area (TPSA) is 63.6 Å². The van der Waals surface area contributed by atoms with E-state index in [4.69, 9.17) is 5.11 Å². The van der Waals surface area contributed by atoms with Gasteiger partial charge in [0.15, 0.2) is 0 Å². The number of carbonyl (C=O) groups excluding carboxylic acids is 1. The quantitative estimate of drug-likeness (QED) is 0.435. The SMILES string of the molecule is O=C(O)C(=O)OC=Cc1ccccc1. The van der Waals surface area contributed by atoms with Gasteiger partial charge >= 0.3 is 11.9 Å². The summed E-state index contributed by atoms with van der Waals surface area (Å²) in [4.78, 5) is 20.5. The maximum Gasteiger partial charge on any atom is 0.422 e. The molecule has 1 aromatic rings. The molecular weight excluding hydrogens is 184 g/mol. The van der Waals surface area contributed by atoms with Gasteiger partial charge in [-0.05, 0) is 11.6 Å². The summed E-state index contributed by atoms with van der Waals surface area (Å²) in [5.74, 6) is -2.90. The van der Waals surface area contributed by atoms with Crippen LogP contribution in [0.2, 0.25) is 0 Å². The molecule has 1 N–H and O–H groups in total. The fraction of sp³-hybridized carbons (Fsp3) is 0. The lowest BCUT2D eigenvalue weighted by Crippen LogP contribution is -2.13. The van der Waals surface area contributed by atoms with Crippen LogP contribution in [0.1, 0.15) is 5.56 Å². The van der Waals surface area contributed by atoms with Crippen LogP contribution in [0.15, 0.2) is 36.6 Å². The molecule has 4 nitrogen and oxygen atoms in total. The Morgan fingerprint density at radius 3 is 2.43 bits per heavy atom. The lowest BCUT2D eigenvalue weighted by Gasteiger charge is -1.92. The van der Waals surface area contributed by atoms with Crippen molar-refractivity contribution in [1.29, 1.82) is 0 Å². The van der Waals surface area contributed by atoms with E-state index in [1.165, 1.54) is 6.08 Å². The van der Waals surface area contributed by atoms with E-state index >= 15 is 0 Å². The zero-order chi connectivity index (χ0) is 10.4. The average molecular weight is 192 g/mol. The van der Waals surface area contributed by atoms with Gasteiger partial charge in [0.05, 0.1) is 6.26 Å². The lowest BCUT2D eigenvalue weighted by atomic mass is 10.2. The van der Waals surface area contributed by atoms with E-state index in [-0.39, 0.29) is 0 Å². The van der Waals surface area contributed by atoms with Gasteiger partial charge in [0.1, 0.15) is 0 Å². The Morgan fingerprint density at radius 2 is 1.86 bits per heavy atom. The smallest absolute Gasteiger partial charge is 0.422 e. The molecule has 0 fully saturated rings. The Labute approximate surface area is 80.4 Å². The van der Waals surface area contributed by atoms with Crippen LogP contribution in [0.3, 0.4) is 0 Å². The predicted molar refractivity (Wildman–Crippen MR) is 49.2 cm³/mol. The second-order valence-corrected chi connectivity index (χ2v) is 2.42. The third kappa shape index (κ3) is 3.10. The molecule has 0 aliphatic heterocycles. The number of hydrogen-bond acceptors (Lipinski definition) is 3. The Balaban J connectivity index is 2.50. The van der Waals surface area contributed by atoms with E-state index in [1.54, 1.807) is 12.1 Å². The van der Waals surface area contributed by atoms with Gasteiger partial charge in [0.25, 0.3) is 0 Å². The number of carboxylic acid groups (broad SMARTS) is 1. The third-order valence-electron chi connectivity index (χ3n) is 1.41. The summed E-state index contributed by atoms with van der Waals surface area (Å²) in [5.41, 5.74) is 0.825. The first-order valence-electron chi connectivity index (χ1n) is 3.85. The summed E-state index contributed by atoms with van der Waals surface area (Å²) in [7, 11) is 0. The fourth-order valence-corrected chi connectivity index (χ4v) is 0.789. The highest BCUT2D eigenvalue weighted by molar-refractivity contribution is 6.28. The van der Waals surface area contributed by atoms with Crippen LogP contribution in [0.4, 0.5) is 0 Å². The molecule has 0 aliphatic rings. The van der Waals surface area contributed by atoms with Gasteiger partial charge < -0.3 is 9.84 Å². The van der Waals surface area contributed by atoms with Gasteiger partial charge in [-0.2, -0.15) is 0 Å². The Morgan fingerprint density at radius 1 is 1.21 bits per heavy atom. The van der Waals surface area contributed by atoms with Crippen molar-refractivity contribution in [2.24, 2.45) is 0 Å². The number of benzene rings is 1. The van der Waals surface area contributed by atoms with Crippen molar-refractivity contribution in [1.82, 2.24) is 0 Å². The molecule has 0 amide bonds. The molecule has 72 valence electrons. The van der Waals surface area contributed by atoms with Crippen LogP contribution in [0.25, 0.3) is 6.08 Å². The van der Waals surface area contributed by atoms with Crippen molar-refractivity contribution in [2.45, 2.75) is 0 Å². The molecule has 0 saturated carbocycles. The first-order valence-corrected chi connectivity index (χ1v) is 3.85. The molecule has 0 heterocycles. The largest absolute Gasteiger partial charge is 0.473 e. The maximum absolute atomic E-state index is 10.5. The molecule has 1 rings (SSSR count). The summed E-state index contributed by atoms with van der Waals surface area (Å²) >= 11 is 0. The van der Waals surface area contributed by atoms with Gasteiger partial charge in [-0.3, -0.25) is 0 Å². The predicted octanol–water partition coefficient (Wildman–Crippen LogP) is 1.29. The van der Waals surface area contributed by atoms with Crippen LogP contribution < -0.4 is 0 Å². The highest BCUT2D eigenvalue weighted by Crippen LogP contribution is 2.00. The molecule has 4 heteroatoms. The summed E-state index contributed by atoms with van der Waals surface area (Å²) in [5, 5.41) is 8.17. The molecule has 0 atom stereocenters. The van der Waals surface area contributed by atoms with E-state index in [0.29, 0.717) is 0 Å². The van der Waals surface area contributed by atoms with Crippen LogP contribution in [0, 0.1) is 0 Å². The molecule has 0 unspecified atom stereocenters. The highest BCUT2D eigenvalue weighted by atomic mass is 16.6. The van der Waals surface area contributed by atoms with Crippen molar-refractivity contribution in [3.05, 3.63) is 42.2 Å². The van der Waals surface area contributed by atoms with E-state index in [2.05, 4.69) is 4.74 Å². The molecule has 0 spiro atoms. The van der Waals surface area contributed by atoms with Crippen molar-refractivity contribution in [2.75, 3.05) is 0 Å². The first kappa shape index (κ1) is 9.98. The van der Waals surface area contributed by atoms with Gasteiger partial charge in [-0.15, -0.1) is 0 Å². The molecular formula is C10H8O4. The average Bonchev–Trinajstić information content (AvgIpc) is 2.19. The molecule has 0 aliphatic carbocycles. The number of aliphatic carboxylic acids is 1. The number of carbonyl (C=O) groups is 2. The second kappa shape index (κ2) is 4.81. The minimum absolute atomic E-state index is 0.825. The molecule has 0 aromatic heterocycles. The minimum Gasteiger partial charge on any atom is -0.473 e. The van der Waals surface area contributed by atoms with E-state index < -0.39 is 11.9 Å². The zero-order valence-electron chi connectivity index (χ0n) is 7.21. The maximum atomic E-state index is 10.5. The molecule has 0 bridgehead atoms. The van der Waals surface area contributed by atoms with E-state index in [0.717, 1.165) is 11.8 Å². The van der Waals surface area contributed by atoms with Crippen molar-refractivity contribution in [3.63, 3.8) is 0 Å².